The van der Waals surface area contributed by atoms with E-state index in [4.69, 9.17) is 37.0 Å². The molecule has 102 heavy (non-hydrogen) atoms. The average Bonchev–Trinajstić information content (AvgIpc) is 0.935. The van der Waals surface area contributed by atoms with Gasteiger partial charge in [-0.1, -0.05) is 388 Å². The molecule has 0 aromatic rings. The zero-order valence-electron chi connectivity index (χ0n) is 66.9. The molecule has 0 saturated carbocycles. The topological polar surface area (TPSA) is 237 Å². The minimum Gasteiger partial charge on any atom is -0.462 e. The minimum atomic E-state index is -4.96. The number of hydrogen-bond acceptors (Lipinski definition) is 15. The minimum absolute atomic E-state index is 0.107. The molecule has 4 unspecified atom stereocenters. The molecule has 0 heterocycles. The summed E-state index contributed by atoms with van der Waals surface area (Å²) in [5.41, 5.74) is 0. The zero-order valence-corrected chi connectivity index (χ0v) is 68.7. The largest absolute Gasteiger partial charge is 0.472 e. The van der Waals surface area contributed by atoms with E-state index in [1.807, 2.05) is 0 Å². The number of aliphatic hydroxyl groups excluding tert-OH is 1. The third-order valence-electron chi connectivity index (χ3n) is 20.2. The quantitative estimate of drug-likeness (QED) is 0.0222. The van der Waals surface area contributed by atoms with E-state index < -0.39 is 97.5 Å². The first-order chi connectivity index (χ1) is 49.4. The summed E-state index contributed by atoms with van der Waals surface area (Å²) in [6.07, 6.45) is 65.3. The van der Waals surface area contributed by atoms with Gasteiger partial charge in [0, 0.05) is 25.7 Å². The van der Waals surface area contributed by atoms with E-state index in [1.54, 1.807) is 0 Å². The number of carbonyl (C=O) groups excluding carboxylic acids is 4. The first kappa shape index (κ1) is 100. The van der Waals surface area contributed by atoms with Crippen LogP contribution in [0.3, 0.4) is 0 Å². The van der Waals surface area contributed by atoms with E-state index in [2.05, 4.69) is 41.5 Å². The van der Waals surface area contributed by atoms with Gasteiger partial charge in [-0.05, 0) is 37.5 Å². The van der Waals surface area contributed by atoms with Crippen molar-refractivity contribution in [3.8, 4) is 0 Å². The van der Waals surface area contributed by atoms with Gasteiger partial charge in [0.05, 0.1) is 26.4 Å². The van der Waals surface area contributed by atoms with Crippen molar-refractivity contribution in [2.75, 3.05) is 39.6 Å². The van der Waals surface area contributed by atoms with Crippen molar-refractivity contribution in [3.05, 3.63) is 0 Å². The van der Waals surface area contributed by atoms with Gasteiger partial charge in [0.1, 0.15) is 19.3 Å². The van der Waals surface area contributed by atoms with Gasteiger partial charge in [0.2, 0.25) is 0 Å². The Kier molecular flexibility index (Phi) is 73.1. The lowest BCUT2D eigenvalue weighted by Gasteiger charge is -2.21. The van der Waals surface area contributed by atoms with Gasteiger partial charge in [-0.2, -0.15) is 0 Å². The van der Waals surface area contributed by atoms with Crippen LogP contribution >= 0.6 is 15.6 Å². The molecule has 0 aromatic heterocycles. The van der Waals surface area contributed by atoms with E-state index in [0.717, 1.165) is 108 Å². The van der Waals surface area contributed by atoms with Crippen LogP contribution in [0.15, 0.2) is 0 Å². The van der Waals surface area contributed by atoms with Crippen LogP contribution in [0.5, 0.6) is 0 Å². The molecule has 0 aliphatic heterocycles. The number of unbranched alkanes of at least 4 members (excludes halogenated alkanes) is 50. The highest BCUT2D eigenvalue weighted by Gasteiger charge is 2.30. The highest BCUT2D eigenvalue weighted by atomic mass is 31.2. The van der Waals surface area contributed by atoms with Gasteiger partial charge in [0.25, 0.3) is 0 Å². The lowest BCUT2D eigenvalue weighted by atomic mass is 9.99. The third kappa shape index (κ3) is 73.6. The van der Waals surface area contributed by atoms with Crippen LogP contribution in [-0.2, 0) is 65.4 Å². The summed E-state index contributed by atoms with van der Waals surface area (Å²) in [5.74, 6) is -0.527. The van der Waals surface area contributed by atoms with E-state index >= 15 is 0 Å². The first-order valence-corrected chi connectivity index (χ1v) is 46.1. The molecule has 0 fully saturated rings. The Morgan fingerprint density at radius 2 is 0.471 bits per heavy atom. The van der Waals surface area contributed by atoms with Crippen LogP contribution in [-0.4, -0.2) is 96.7 Å². The summed E-state index contributed by atoms with van der Waals surface area (Å²) in [4.78, 5) is 73.0. The molecule has 0 aliphatic rings. The predicted molar refractivity (Wildman–Crippen MR) is 418 cm³/mol. The number of carbonyl (C=O) groups is 4. The Morgan fingerprint density at radius 1 is 0.275 bits per heavy atom. The zero-order chi connectivity index (χ0) is 74.9. The molecule has 0 radical (unpaired) electrons. The molecule has 17 nitrogen and oxygen atoms in total. The molecule has 0 bridgehead atoms. The van der Waals surface area contributed by atoms with Crippen molar-refractivity contribution in [3.63, 3.8) is 0 Å². The van der Waals surface area contributed by atoms with Crippen molar-refractivity contribution in [2.45, 2.75) is 458 Å². The fourth-order valence-electron chi connectivity index (χ4n) is 12.8. The second-order valence-corrected chi connectivity index (χ2v) is 33.3. The molecule has 3 N–H and O–H groups in total. The summed E-state index contributed by atoms with van der Waals surface area (Å²) in [6, 6.07) is 0. The lowest BCUT2D eigenvalue weighted by Crippen LogP contribution is -2.30. The molecule has 0 aliphatic carbocycles. The number of rotatable bonds is 82. The summed E-state index contributed by atoms with van der Waals surface area (Å²) >= 11 is 0. The maximum Gasteiger partial charge on any atom is 0.472 e. The second-order valence-electron chi connectivity index (χ2n) is 30.4. The Morgan fingerprint density at radius 3 is 0.696 bits per heavy atom. The standard InChI is InChI=1S/C83H162O17P2/c1-7-11-13-15-17-19-21-23-24-25-26-27-28-29-30-31-36-40-44-48-56-62-68-83(88)99-78(71-93-80(85)65-59-53-46-42-39-35-33-32-34-37-41-45-51-57-63-75(5)9-3)73-97-101(89,90)95-69-77(84)70-96-102(91,92)98-74-79(72-94-81(86)66-60-54-50-49-52-58-64-76(6)10-4)100-82(87)67-61-55-47-43-38-22-20-18-16-14-12-8-2/h75-79,84H,7-74H2,1-6H3,(H,89,90)(H,91,92)/t75?,76?,77-,78-,79-/m1/s1. The maximum absolute atomic E-state index is 13.1. The predicted octanol–water partition coefficient (Wildman–Crippen LogP) is 25.1. The molecule has 7 atom stereocenters. The molecule has 0 amide bonds. The number of phosphoric ester groups is 2. The van der Waals surface area contributed by atoms with Gasteiger partial charge in [-0.25, -0.2) is 9.13 Å². The number of esters is 4. The molecular weight excluding hydrogens is 1330 g/mol. The highest BCUT2D eigenvalue weighted by molar-refractivity contribution is 7.47. The van der Waals surface area contributed by atoms with Gasteiger partial charge < -0.3 is 33.8 Å². The smallest absolute Gasteiger partial charge is 0.462 e. The Bertz CT molecular complexity index is 1960. The summed E-state index contributed by atoms with van der Waals surface area (Å²) in [5, 5.41) is 10.6. The summed E-state index contributed by atoms with van der Waals surface area (Å²) < 4.78 is 68.7. The summed E-state index contributed by atoms with van der Waals surface area (Å²) in [7, 11) is -9.92. The fourth-order valence-corrected chi connectivity index (χ4v) is 14.4. The molecule has 0 rings (SSSR count). The highest BCUT2D eigenvalue weighted by Crippen LogP contribution is 2.45. The Labute approximate surface area is 626 Å². The van der Waals surface area contributed by atoms with Crippen LogP contribution in [0, 0.1) is 11.8 Å². The summed E-state index contributed by atoms with van der Waals surface area (Å²) in [6.45, 7) is 9.65. The Hall–Kier alpha value is -1.94. The number of hydrogen-bond donors (Lipinski definition) is 3. The molecule has 0 saturated heterocycles. The van der Waals surface area contributed by atoms with Crippen molar-refractivity contribution >= 4 is 39.5 Å². The molecule has 606 valence electrons. The fraction of sp³-hybridized carbons (Fsp3) is 0.952. The lowest BCUT2D eigenvalue weighted by molar-refractivity contribution is -0.161. The Balaban J connectivity index is 5.21. The van der Waals surface area contributed by atoms with Crippen molar-refractivity contribution in [1.29, 1.82) is 0 Å². The van der Waals surface area contributed by atoms with E-state index in [0.29, 0.717) is 25.7 Å². The average molecular weight is 1490 g/mol. The SMILES string of the molecule is CCCCCCCCCCCCCCCCCCCCCCCCC(=O)O[C@H](COC(=O)CCCCCCCCCCCCCCCCC(C)CC)COP(=O)(O)OC[C@@H](O)COP(=O)(O)OC[C@@H](COC(=O)CCCCCCCCC(C)CC)OC(=O)CCCCCCCCCCCCCC. The van der Waals surface area contributed by atoms with Crippen LogP contribution < -0.4 is 0 Å². The van der Waals surface area contributed by atoms with Gasteiger partial charge in [-0.15, -0.1) is 0 Å². The maximum atomic E-state index is 13.1. The second kappa shape index (κ2) is 74.5. The van der Waals surface area contributed by atoms with Crippen LogP contribution in [0.25, 0.3) is 0 Å². The molecule has 19 heteroatoms. The van der Waals surface area contributed by atoms with Crippen molar-refractivity contribution in [1.82, 2.24) is 0 Å². The van der Waals surface area contributed by atoms with Crippen LogP contribution in [0.4, 0.5) is 0 Å². The van der Waals surface area contributed by atoms with E-state index in [-0.39, 0.29) is 25.7 Å². The number of ether oxygens (including phenoxy) is 4. The molecule has 0 spiro atoms. The third-order valence-corrected chi connectivity index (χ3v) is 22.1. The van der Waals surface area contributed by atoms with Crippen LogP contribution in [0.2, 0.25) is 0 Å². The van der Waals surface area contributed by atoms with Gasteiger partial charge >= 0.3 is 39.5 Å². The monoisotopic (exact) mass is 1490 g/mol. The van der Waals surface area contributed by atoms with E-state index in [9.17, 15) is 43.2 Å². The number of phosphoric acid groups is 2. The molecule has 0 aromatic carbocycles. The van der Waals surface area contributed by atoms with Crippen LogP contribution in [0.1, 0.15) is 440 Å². The molecular formula is C83H162O17P2. The van der Waals surface area contributed by atoms with Crippen molar-refractivity contribution in [2.24, 2.45) is 11.8 Å². The van der Waals surface area contributed by atoms with E-state index in [1.165, 1.54) is 250 Å². The van der Waals surface area contributed by atoms with Gasteiger partial charge in [-0.3, -0.25) is 37.3 Å². The van der Waals surface area contributed by atoms with Gasteiger partial charge in [0.15, 0.2) is 12.2 Å². The number of aliphatic hydroxyl groups is 1. The van der Waals surface area contributed by atoms with Crippen molar-refractivity contribution < 1.29 is 80.2 Å². The first-order valence-electron chi connectivity index (χ1n) is 43.1. The normalized spacial score (nSPS) is 14.4.